The molecule has 0 unspecified atom stereocenters. The van der Waals surface area contributed by atoms with Gasteiger partial charge in [0.1, 0.15) is 0 Å². The van der Waals surface area contributed by atoms with Gasteiger partial charge in [-0.3, -0.25) is 0 Å². The summed E-state index contributed by atoms with van der Waals surface area (Å²) in [6.07, 6.45) is 2.46. The first-order valence-electron chi connectivity index (χ1n) is 6.49. The second-order valence-corrected chi connectivity index (χ2v) is 6.52. The molecule has 1 rings (SSSR count). The zero-order chi connectivity index (χ0) is 12.8. The fraction of sp³-hybridized carbons (Fsp3) is 0.600. The molecular formula is C15H24BrN. The Hall–Kier alpha value is -0.500. The smallest absolute Gasteiger partial charge is 0.0343 e. The molecule has 1 aromatic rings. The number of anilines is 1. The van der Waals surface area contributed by atoms with Crippen LogP contribution in [0.1, 0.15) is 40.5 Å². The third-order valence-corrected chi connectivity index (χ3v) is 3.26. The van der Waals surface area contributed by atoms with Crippen LogP contribution in [0.4, 0.5) is 5.69 Å². The van der Waals surface area contributed by atoms with Gasteiger partial charge in [-0.15, -0.1) is 0 Å². The van der Waals surface area contributed by atoms with Crippen LogP contribution in [-0.2, 0) is 0 Å². The zero-order valence-corrected chi connectivity index (χ0v) is 12.9. The maximum Gasteiger partial charge on any atom is 0.0343 e. The Morgan fingerprint density at radius 2 is 1.41 bits per heavy atom. The molecule has 0 amide bonds. The lowest BCUT2D eigenvalue weighted by atomic mass is 9.95. The van der Waals surface area contributed by atoms with Gasteiger partial charge in [-0.1, -0.05) is 43.6 Å². The molecule has 0 fully saturated rings. The lowest BCUT2D eigenvalue weighted by Gasteiger charge is -2.23. The molecule has 0 aliphatic rings. The molecule has 0 saturated carbocycles. The van der Waals surface area contributed by atoms with Crippen LogP contribution < -0.4 is 5.32 Å². The maximum absolute atomic E-state index is 3.65. The summed E-state index contributed by atoms with van der Waals surface area (Å²) in [5.41, 5.74) is 1.22. The van der Waals surface area contributed by atoms with Crippen molar-refractivity contribution in [2.45, 2.75) is 46.6 Å². The van der Waals surface area contributed by atoms with Crippen LogP contribution in [0.5, 0.6) is 0 Å². The van der Waals surface area contributed by atoms with Crippen molar-refractivity contribution >= 4 is 21.6 Å². The Labute approximate surface area is 114 Å². The molecule has 0 atom stereocenters. The van der Waals surface area contributed by atoms with Gasteiger partial charge < -0.3 is 5.32 Å². The molecule has 0 aliphatic carbocycles. The van der Waals surface area contributed by atoms with E-state index in [0.717, 1.165) is 16.3 Å². The van der Waals surface area contributed by atoms with Crippen LogP contribution in [0.15, 0.2) is 28.7 Å². The minimum atomic E-state index is 0.580. The van der Waals surface area contributed by atoms with Crippen LogP contribution >= 0.6 is 15.9 Å². The summed E-state index contributed by atoms with van der Waals surface area (Å²) < 4.78 is 1.13. The van der Waals surface area contributed by atoms with Crippen LogP contribution in [0, 0.1) is 11.8 Å². The number of rotatable bonds is 6. The van der Waals surface area contributed by atoms with Crippen molar-refractivity contribution in [3.05, 3.63) is 28.7 Å². The fourth-order valence-electron chi connectivity index (χ4n) is 2.13. The predicted octanol–water partition coefficient (Wildman–Crippen LogP) is 5.32. The van der Waals surface area contributed by atoms with Crippen molar-refractivity contribution in [2.24, 2.45) is 11.8 Å². The summed E-state index contributed by atoms with van der Waals surface area (Å²) in [6.45, 7) is 9.15. The first-order chi connectivity index (χ1) is 7.97. The number of nitrogens with one attached hydrogen (secondary N) is 1. The van der Waals surface area contributed by atoms with Crippen molar-refractivity contribution in [3.8, 4) is 0 Å². The summed E-state index contributed by atoms with van der Waals surface area (Å²) >= 11 is 3.46. The van der Waals surface area contributed by atoms with Gasteiger partial charge >= 0.3 is 0 Å². The number of halogens is 1. The van der Waals surface area contributed by atoms with E-state index in [1.165, 1.54) is 18.5 Å². The second-order valence-electron chi connectivity index (χ2n) is 5.61. The average Bonchev–Trinajstić information content (AvgIpc) is 2.19. The SMILES string of the molecule is CC(C)CC(CC(C)C)Nc1ccc(Br)cc1. The van der Waals surface area contributed by atoms with Crippen LogP contribution in [0.25, 0.3) is 0 Å². The third-order valence-electron chi connectivity index (χ3n) is 2.73. The topological polar surface area (TPSA) is 12.0 Å². The van der Waals surface area contributed by atoms with Crippen molar-refractivity contribution in [3.63, 3.8) is 0 Å². The summed E-state index contributed by atoms with van der Waals surface area (Å²) in [5.74, 6) is 1.48. The van der Waals surface area contributed by atoms with E-state index < -0.39 is 0 Å². The Morgan fingerprint density at radius 1 is 0.941 bits per heavy atom. The van der Waals surface area contributed by atoms with Gasteiger partial charge in [0.05, 0.1) is 0 Å². The highest BCUT2D eigenvalue weighted by Gasteiger charge is 2.12. The normalized spacial score (nSPS) is 11.5. The molecule has 1 aromatic carbocycles. The van der Waals surface area contributed by atoms with Gasteiger partial charge in [0.2, 0.25) is 0 Å². The minimum absolute atomic E-state index is 0.580. The molecule has 0 saturated heterocycles. The molecule has 1 N–H and O–H groups in total. The molecule has 1 nitrogen and oxygen atoms in total. The van der Waals surface area contributed by atoms with E-state index in [4.69, 9.17) is 0 Å². The summed E-state index contributed by atoms with van der Waals surface area (Å²) in [7, 11) is 0. The van der Waals surface area contributed by atoms with E-state index in [9.17, 15) is 0 Å². The standard InChI is InChI=1S/C15H24BrN/c1-11(2)9-15(10-12(3)4)17-14-7-5-13(16)6-8-14/h5-8,11-12,15,17H,9-10H2,1-4H3. The molecule has 0 aromatic heterocycles. The third kappa shape index (κ3) is 6.11. The van der Waals surface area contributed by atoms with Crippen molar-refractivity contribution in [2.75, 3.05) is 5.32 Å². The van der Waals surface area contributed by atoms with Crippen LogP contribution in [0.3, 0.4) is 0 Å². The van der Waals surface area contributed by atoms with E-state index >= 15 is 0 Å². The summed E-state index contributed by atoms with van der Waals surface area (Å²) in [6, 6.07) is 9.03. The Morgan fingerprint density at radius 3 is 1.82 bits per heavy atom. The van der Waals surface area contributed by atoms with Crippen molar-refractivity contribution in [1.29, 1.82) is 0 Å². The lowest BCUT2D eigenvalue weighted by molar-refractivity contribution is 0.442. The summed E-state index contributed by atoms with van der Waals surface area (Å²) in [5, 5.41) is 3.65. The average molecular weight is 298 g/mol. The highest BCUT2D eigenvalue weighted by Crippen LogP contribution is 2.20. The van der Waals surface area contributed by atoms with Gasteiger partial charge in [0, 0.05) is 16.2 Å². The Balaban J connectivity index is 2.61. The van der Waals surface area contributed by atoms with E-state index in [-0.39, 0.29) is 0 Å². The number of hydrogen-bond donors (Lipinski definition) is 1. The monoisotopic (exact) mass is 297 g/mol. The maximum atomic E-state index is 3.65. The molecule has 0 bridgehead atoms. The highest BCUT2D eigenvalue weighted by atomic mass is 79.9. The van der Waals surface area contributed by atoms with Crippen LogP contribution in [-0.4, -0.2) is 6.04 Å². The Bertz CT molecular complexity index is 306. The molecular weight excluding hydrogens is 274 g/mol. The molecule has 17 heavy (non-hydrogen) atoms. The molecule has 0 heterocycles. The van der Waals surface area contributed by atoms with Gasteiger partial charge in [0.15, 0.2) is 0 Å². The van der Waals surface area contributed by atoms with Gasteiger partial charge in [-0.05, 0) is 48.9 Å². The van der Waals surface area contributed by atoms with E-state index in [0.29, 0.717) is 6.04 Å². The molecule has 0 spiro atoms. The molecule has 2 heteroatoms. The first kappa shape index (κ1) is 14.6. The highest BCUT2D eigenvalue weighted by molar-refractivity contribution is 9.10. The quantitative estimate of drug-likeness (QED) is 0.749. The first-order valence-corrected chi connectivity index (χ1v) is 7.28. The van der Waals surface area contributed by atoms with Crippen LogP contribution in [0.2, 0.25) is 0 Å². The van der Waals surface area contributed by atoms with Gasteiger partial charge in [-0.2, -0.15) is 0 Å². The van der Waals surface area contributed by atoms with Gasteiger partial charge in [0.25, 0.3) is 0 Å². The van der Waals surface area contributed by atoms with Crippen molar-refractivity contribution < 1.29 is 0 Å². The minimum Gasteiger partial charge on any atom is -0.382 e. The molecule has 96 valence electrons. The van der Waals surface area contributed by atoms with Gasteiger partial charge in [-0.25, -0.2) is 0 Å². The Kier molecular flexibility index (Phi) is 6.04. The van der Waals surface area contributed by atoms with E-state index in [2.05, 4.69) is 73.2 Å². The molecule has 0 radical (unpaired) electrons. The van der Waals surface area contributed by atoms with E-state index in [1.54, 1.807) is 0 Å². The zero-order valence-electron chi connectivity index (χ0n) is 11.3. The second kappa shape index (κ2) is 7.05. The number of benzene rings is 1. The predicted molar refractivity (Wildman–Crippen MR) is 80.5 cm³/mol. The molecule has 0 aliphatic heterocycles. The number of hydrogen-bond acceptors (Lipinski definition) is 1. The lowest BCUT2D eigenvalue weighted by Crippen LogP contribution is -2.23. The largest absolute Gasteiger partial charge is 0.382 e. The van der Waals surface area contributed by atoms with Crippen molar-refractivity contribution in [1.82, 2.24) is 0 Å². The van der Waals surface area contributed by atoms with E-state index in [1.807, 2.05) is 0 Å². The fourth-order valence-corrected chi connectivity index (χ4v) is 2.40. The summed E-state index contributed by atoms with van der Waals surface area (Å²) in [4.78, 5) is 0.